The van der Waals surface area contributed by atoms with Crippen LogP contribution in [-0.4, -0.2) is 48.3 Å². The summed E-state index contributed by atoms with van der Waals surface area (Å²) in [5.74, 6) is 2.04. The minimum Gasteiger partial charge on any atom is -0.396 e. The molecule has 1 atom stereocenters. The van der Waals surface area contributed by atoms with E-state index in [2.05, 4.69) is 17.6 Å². The van der Waals surface area contributed by atoms with Crippen LogP contribution in [0.1, 0.15) is 33.1 Å². The molecule has 0 aromatic heterocycles. The van der Waals surface area contributed by atoms with Gasteiger partial charge in [0.1, 0.15) is 0 Å². The summed E-state index contributed by atoms with van der Waals surface area (Å²) in [6, 6.07) is 0.272. The molecule has 0 spiro atoms. The van der Waals surface area contributed by atoms with Crippen molar-refractivity contribution in [2.75, 3.05) is 31.2 Å². The van der Waals surface area contributed by atoms with Crippen molar-refractivity contribution < 1.29 is 9.90 Å². The number of hydrogen-bond donors (Lipinski definition) is 3. The van der Waals surface area contributed by atoms with E-state index >= 15 is 0 Å². The van der Waals surface area contributed by atoms with Gasteiger partial charge in [-0.15, -0.1) is 0 Å². The van der Waals surface area contributed by atoms with E-state index in [-0.39, 0.29) is 18.6 Å². The quantitative estimate of drug-likeness (QED) is 0.486. The van der Waals surface area contributed by atoms with Crippen LogP contribution in [0, 0.1) is 0 Å². The zero-order valence-electron chi connectivity index (χ0n) is 11.0. The average molecular weight is 262 g/mol. The lowest BCUT2D eigenvalue weighted by molar-refractivity contribution is -0.120. The summed E-state index contributed by atoms with van der Waals surface area (Å²) in [6.45, 7) is 5.65. The van der Waals surface area contributed by atoms with Gasteiger partial charge >= 0.3 is 0 Å². The first-order valence-electron chi connectivity index (χ1n) is 6.39. The number of aliphatic hydroxyl groups is 1. The molecule has 0 aromatic rings. The highest BCUT2D eigenvalue weighted by atomic mass is 32.2. The third kappa shape index (κ3) is 12.0. The molecule has 0 aromatic carbocycles. The van der Waals surface area contributed by atoms with Gasteiger partial charge < -0.3 is 15.7 Å². The summed E-state index contributed by atoms with van der Waals surface area (Å²) >= 11 is 1.80. The Labute approximate surface area is 109 Å². The summed E-state index contributed by atoms with van der Waals surface area (Å²) in [6.07, 6.45) is 2.97. The van der Waals surface area contributed by atoms with E-state index in [1.54, 1.807) is 11.8 Å². The molecular formula is C12H26N2O2S. The number of hydrogen-bond acceptors (Lipinski definition) is 4. The van der Waals surface area contributed by atoms with Crippen LogP contribution in [0.2, 0.25) is 0 Å². The van der Waals surface area contributed by atoms with Crippen LogP contribution in [-0.2, 0) is 4.79 Å². The van der Waals surface area contributed by atoms with Gasteiger partial charge in [-0.2, -0.15) is 11.8 Å². The molecule has 0 radical (unpaired) electrons. The monoisotopic (exact) mass is 262 g/mol. The first-order valence-corrected chi connectivity index (χ1v) is 7.54. The molecule has 0 aliphatic heterocycles. The van der Waals surface area contributed by atoms with Crippen LogP contribution >= 0.6 is 11.8 Å². The predicted octanol–water partition coefficient (Wildman–Crippen LogP) is 0.996. The van der Waals surface area contributed by atoms with Crippen molar-refractivity contribution in [1.82, 2.24) is 10.6 Å². The fourth-order valence-electron chi connectivity index (χ4n) is 1.45. The summed E-state index contributed by atoms with van der Waals surface area (Å²) in [5.41, 5.74) is 0. The molecule has 0 aliphatic carbocycles. The Morgan fingerprint density at radius 2 is 2.18 bits per heavy atom. The van der Waals surface area contributed by atoms with Crippen molar-refractivity contribution in [3.05, 3.63) is 0 Å². The maximum atomic E-state index is 11.5. The van der Waals surface area contributed by atoms with E-state index in [1.165, 1.54) is 0 Å². The minimum absolute atomic E-state index is 0.0753. The van der Waals surface area contributed by atoms with Crippen LogP contribution < -0.4 is 10.6 Å². The Hall–Kier alpha value is -0.260. The molecule has 0 saturated heterocycles. The summed E-state index contributed by atoms with van der Waals surface area (Å²) in [5, 5.41) is 14.7. The first kappa shape index (κ1) is 16.7. The van der Waals surface area contributed by atoms with Gasteiger partial charge in [0.2, 0.25) is 5.91 Å². The molecular weight excluding hydrogens is 236 g/mol. The second-order valence-corrected chi connectivity index (χ2v) is 5.35. The van der Waals surface area contributed by atoms with Crippen LogP contribution in [0.15, 0.2) is 0 Å². The lowest BCUT2D eigenvalue weighted by Gasteiger charge is -2.12. The number of thioether (sulfide) groups is 1. The first-order chi connectivity index (χ1) is 8.20. The van der Waals surface area contributed by atoms with Gasteiger partial charge in [0, 0.05) is 24.9 Å². The van der Waals surface area contributed by atoms with E-state index in [0.717, 1.165) is 37.3 Å². The highest BCUT2D eigenvalue weighted by Crippen LogP contribution is 1.99. The molecule has 0 bridgehead atoms. The summed E-state index contributed by atoms with van der Waals surface area (Å²) in [4.78, 5) is 11.5. The van der Waals surface area contributed by atoms with E-state index in [0.29, 0.717) is 6.54 Å². The van der Waals surface area contributed by atoms with Crippen LogP contribution in [0.4, 0.5) is 0 Å². The second-order valence-electron chi connectivity index (χ2n) is 4.12. The molecule has 0 rings (SSSR count). The van der Waals surface area contributed by atoms with Crippen molar-refractivity contribution in [2.45, 2.75) is 39.2 Å². The number of nitrogens with one attached hydrogen (secondary N) is 2. The molecule has 5 heteroatoms. The third-order valence-corrected chi connectivity index (χ3v) is 3.35. The molecule has 1 amide bonds. The number of carbonyl (C=O) groups is 1. The fraction of sp³-hybridized carbons (Fsp3) is 0.917. The Kier molecular flexibility index (Phi) is 12.0. The molecule has 4 nitrogen and oxygen atoms in total. The SMILES string of the molecule is CCCC(C)NC(=O)CNCCSCCCO. The fourth-order valence-corrected chi connectivity index (χ4v) is 2.27. The Bertz CT molecular complexity index is 191. The van der Waals surface area contributed by atoms with Gasteiger partial charge in [-0.3, -0.25) is 4.79 Å². The highest BCUT2D eigenvalue weighted by Gasteiger charge is 2.05. The Morgan fingerprint density at radius 1 is 1.41 bits per heavy atom. The van der Waals surface area contributed by atoms with Gasteiger partial charge in [0.25, 0.3) is 0 Å². The van der Waals surface area contributed by atoms with Gasteiger partial charge in [-0.1, -0.05) is 13.3 Å². The smallest absolute Gasteiger partial charge is 0.234 e. The lowest BCUT2D eigenvalue weighted by atomic mass is 10.2. The van der Waals surface area contributed by atoms with E-state index < -0.39 is 0 Å². The van der Waals surface area contributed by atoms with E-state index in [9.17, 15) is 4.79 Å². The largest absolute Gasteiger partial charge is 0.396 e. The molecule has 1 unspecified atom stereocenters. The normalized spacial score (nSPS) is 12.4. The van der Waals surface area contributed by atoms with Gasteiger partial charge in [0.05, 0.1) is 6.54 Å². The topological polar surface area (TPSA) is 61.4 Å². The molecule has 102 valence electrons. The predicted molar refractivity (Wildman–Crippen MR) is 74.4 cm³/mol. The van der Waals surface area contributed by atoms with E-state index in [1.807, 2.05) is 6.92 Å². The lowest BCUT2D eigenvalue weighted by Crippen LogP contribution is -2.39. The highest BCUT2D eigenvalue weighted by molar-refractivity contribution is 7.99. The Balaban J connectivity index is 3.27. The van der Waals surface area contributed by atoms with Crippen molar-refractivity contribution in [3.63, 3.8) is 0 Å². The maximum absolute atomic E-state index is 11.5. The van der Waals surface area contributed by atoms with Crippen molar-refractivity contribution in [2.24, 2.45) is 0 Å². The summed E-state index contributed by atoms with van der Waals surface area (Å²) in [7, 11) is 0. The van der Waals surface area contributed by atoms with Gasteiger partial charge in [0.15, 0.2) is 0 Å². The maximum Gasteiger partial charge on any atom is 0.234 e. The molecule has 0 aliphatic rings. The van der Waals surface area contributed by atoms with E-state index in [4.69, 9.17) is 5.11 Å². The number of amides is 1. The number of rotatable bonds is 11. The average Bonchev–Trinajstić information content (AvgIpc) is 2.28. The summed E-state index contributed by atoms with van der Waals surface area (Å²) < 4.78 is 0. The second kappa shape index (κ2) is 12.2. The molecule has 0 fully saturated rings. The molecule has 3 N–H and O–H groups in total. The van der Waals surface area contributed by atoms with Crippen LogP contribution in [0.5, 0.6) is 0 Å². The van der Waals surface area contributed by atoms with Gasteiger partial charge in [-0.05, 0) is 25.5 Å². The molecule has 0 saturated carbocycles. The number of carbonyl (C=O) groups excluding carboxylic acids is 1. The minimum atomic E-state index is 0.0753. The van der Waals surface area contributed by atoms with Crippen molar-refractivity contribution in [3.8, 4) is 0 Å². The van der Waals surface area contributed by atoms with Gasteiger partial charge in [-0.25, -0.2) is 0 Å². The zero-order chi connectivity index (χ0) is 12.9. The molecule has 17 heavy (non-hydrogen) atoms. The van der Waals surface area contributed by atoms with Crippen molar-refractivity contribution in [1.29, 1.82) is 0 Å². The Morgan fingerprint density at radius 3 is 2.82 bits per heavy atom. The standard InChI is InChI=1S/C12H26N2O2S/c1-3-5-11(2)14-12(16)10-13-6-9-17-8-4-7-15/h11,13,15H,3-10H2,1-2H3,(H,14,16). The zero-order valence-corrected chi connectivity index (χ0v) is 11.8. The molecule has 0 heterocycles. The third-order valence-electron chi connectivity index (χ3n) is 2.28. The van der Waals surface area contributed by atoms with Crippen LogP contribution in [0.25, 0.3) is 0 Å². The number of aliphatic hydroxyl groups excluding tert-OH is 1. The van der Waals surface area contributed by atoms with Crippen LogP contribution in [0.3, 0.4) is 0 Å². The van der Waals surface area contributed by atoms with Crippen molar-refractivity contribution >= 4 is 17.7 Å².